The normalized spacial score (nSPS) is 13.2. The minimum absolute atomic E-state index is 0.158. The van der Waals surface area contributed by atoms with E-state index in [4.69, 9.17) is 15.2 Å². The molecule has 0 saturated carbocycles. The van der Waals surface area contributed by atoms with Gasteiger partial charge >= 0.3 is 0 Å². The zero-order chi connectivity index (χ0) is 24.1. The summed E-state index contributed by atoms with van der Waals surface area (Å²) in [5.41, 5.74) is 12.1. The lowest BCUT2D eigenvalue weighted by atomic mass is 9.88. The topological polar surface area (TPSA) is 121 Å². The van der Waals surface area contributed by atoms with Crippen LogP contribution in [0.1, 0.15) is 37.5 Å². The third-order valence-electron chi connectivity index (χ3n) is 6.37. The first kappa shape index (κ1) is 20.9. The van der Waals surface area contributed by atoms with Crippen molar-refractivity contribution in [3.8, 4) is 28.4 Å². The number of aromatic nitrogens is 3. The Labute approximate surface area is 200 Å². The van der Waals surface area contributed by atoms with Crippen molar-refractivity contribution in [3.63, 3.8) is 0 Å². The maximum atomic E-state index is 12.9. The first-order valence-corrected chi connectivity index (χ1v) is 11.2. The van der Waals surface area contributed by atoms with Gasteiger partial charge in [0, 0.05) is 35.3 Å². The number of primary amides is 1. The number of anilines is 1. The molecule has 0 atom stereocenters. The number of aryl methyl sites for hydroxylation is 2. The third-order valence-corrected chi connectivity index (χ3v) is 6.37. The van der Waals surface area contributed by atoms with Gasteiger partial charge in [0.1, 0.15) is 0 Å². The van der Waals surface area contributed by atoms with Crippen LogP contribution in [0, 0.1) is 6.92 Å². The summed E-state index contributed by atoms with van der Waals surface area (Å²) in [5, 5.41) is 7.55. The van der Waals surface area contributed by atoms with E-state index >= 15 is 0 Å². The Hall–Kier alpha value is -4.66. The summed E-state index contributed by atoms with van der Waals surface area (Å²) in [6.07, 6.45) is 4.56. The van der Waals surface area contributed by atoms with E-state index in [9.17, 15) is 9.59 Å². The predicted octanol–water partition coefficient (Wildman–Crippen LogP) is 3.42. The molecule has 0 bridgehead atoms. The van der Waals surface area contributed by atoms with Gasteiger partial charge in [-0.3, -0.25) is 14.6 Å². The van der Waals surface area contributed by atoms with Gasteiger partial charge < -0.3 is 20.5 Å². The molecule has 2 aromatic heterocycles. The summed E-state index contributed by atoms with van der Waals surface area (Å²) < 4.78 is 12.7. The van der Waals surface area contributed by atoms with E-state index < -0.39 is 5.91 Å². The van der Waals surface area contributed by atoms with Crippen molar-refractivity contribution in [2.45, 2.75) is 19.8 Å². The smallest absolute Gasteiger partial charge is 0.269 e. The van der Waals surface area contributed by atoms with E-state index in [1.807, 2.05) is 43.3 Å². The standard InChI is InChI=1S/C26H21N5O4/c1-14-8-9-28-12-20(14)26(33)29-16-4-2-15-3-6-18-23(25(27)32)30-31(24(18)19(15)10-16)17-5-7-21-22(11-17)35-13-34-21/h2,4-5,7-12H,3,6,13H2,1H3,(H2,27,32)(H,29,33). The lowest BCUT2D eigenvalue weighted by Gasteiger charge is -2.20. The second kappa shape index (κ2) is 7.98. The summed E-state index contributed by atoms with van der Waals surface area (Å²) in [5.74, 6) is 0.437. The molecular formula is C26H21N5O4. The van der Waals surface area contributed by atoms with Crippen LogP contribution >= 0.6 is 0 Å². The van der Waals surface area contributed by atoms with Gasteiger partial charge in [-0.1, -0.05) is 6.07 Å². The van der Waals surface area contributed by atoms with Gasteiger partial charge in [-0.05, 0) is 61.2 Å². The molecular weight excluding hydrogens is 446 g/mol. The van der Waals surface area contributed by atoms with Crippen molar-refractivity contribution in [2.75, 3.05) is 12.1 Å². The fourth-order valence-electron chi connectivity index (χ4n) is 4.62. The maximum absolute atomic E-state index is 12.9. The highest BCUT2D eigenvalue weighted by atomic mass is 16.7. The lowest BCUT2D eigenvalue weighted by molar-refractivity contribution is 0.0992. The molecule has 2 aliphatic rings. The first-order chi connectivity index (χ1) is 17.0. The zero-order valence-electron chi connectivity index (χ0n) is 18.9. The molecule has 9 heteroatoms. The Morgan fingerprint density at radius 2 is 1.91 bits per heavy atom. The molecule has 3 N–H and O–H groups in total. The Morgan fingerprint density at radius 1 is 1.06 bits per heavy atom. The van der Waals surface area contributed by atoms with Crippen LogP contribution in [0.3, 0.4) is 0 Å². The number of fused-ring (bicyclic) bond motifs is 4. The van der Waals surface area contributed by atoms with E-state index in [2.05, 4.69) is 15.4 Å². The van der Waals surface area contributed by atoms with Gasteiger partial charge in [-0.2, -0.15) is 5.10 Å². The van der Waals surface area contributed by atoms with Crippen LogP contribution in [0.15, 0.2) is 54.9 Å². The molecule has 1 aliphatic carbocycles. The summed E-state index contributed by atoms with van der Waals surface area (Å²) in [6, 6.07) is 13.1. The summed E-state index contributed by atoms with van der Waals surface area (Å²) in [4.78, 5) is 29.2. The number of nitrogens with one attached hydrogen (secondary N) is 1. The molecule has 2 amide bonds. The molecule has 0 fully saturated rings. The quantitative estimate of drug-likeness (QED) is 0.474. The largest absolute Gasteiger partial charge is 0.454 e. The number of hydrogen-bond donors (Lipinski definition) is 2. The van der Waals surface area contributed by atoms with Gasteiger partial charge in [-0.25, -0.2) is 4.68 Å². The number of rotatable bonds is 4. The van der Waals surface area contributed by atoms with Gasteiger partial charge in [0.15, 0.2) is 17.2 Å². The number of carbonyl (C=O) groups excluding carboxylic acids is 2. The summed E-state index contributed by atoms with van der Waals surface area (Å²) in [6.45, 7) is 2.02. The number of hydrogen-bond acceptors (Lipinski definition) is 6. The highest BCUT2D eigenvalue weighted by molar-refractivity contribution is 6.05. The third kappa shape index (κ3) is 3.48. The molecule has 2 aromatic carbocycles. The highest BCUT2D eigenvalue weighted by Crippen LogP contribution is 2.40. The number of pyridine rings is 1. The average Bonchev–Trinajstić information content (AvgIpc) is 3.48. The van der Waals surface area contributed by atoms with E-state index in [1.54, 1.807) is 23.1 Å². The monoisotopic (exact) mass is 467 g/mol. The van der Waals surface area contributed by atoms with Gasteiger partial charge in [0.2, 0.25) is 6.79 Å². The molecule has 3 heterocycles. The second-order valence-electron chi connectivity index (χ2n) is 8.51. The molecule has 4 aromatic rings. The van der Waals surface area contributed by atoms with Crippen LogP contribution in [-0.2, 0) is 12.8 Å². The van der Waals surface area contributed by atoms with Crippen molar-refractivity contribution in [1.82, 2.24) is 14.8 Å². The van der Waals surface area contributed by atoms with Crippen LogP contribution in [-0.4, -0.2) is 33.4 Å². The van der Waals surface area contributed by atoms with Gasteiger partial charge in [0.25, 0.3) is 11.8 Å². The van der Waals surface area contributed by atoms with E-state index in [0.717, 1.165) is 34.4 Å². The number of amides is 2. The van der Waals surface area contributed by atoms with Crippen LogP contribution in [0.4, 0.5) is 5.69 Å². The number of benzene rings is 2. The predicted molar refractivity (Wildman–Crippen MR) is 128 cm³/mol. The molecule has 6 rings (SSSR count). The van der Waals surface area contributed by atoms with Crippen LogP contribution in [0.5, 0.6) is 11.5 Å². The first-order valence-electron chi connectivity index (χ1n) is 11.2. The minimum atomic E-state index is -0.583. The molecule has 0 spiro atoms. The summed E-state index contributed by atoms with van der Waals surface area (Å²) in [7, 11) is 0. The van der Waals surface area contributed by atoms with Gasteiger partial charge in [0.05, 0.1) is 16.9 Å². The number of ether oxygens (including phenoxy) is 2. The minimum Gasteiger partial charge on any atom is -0.454 e. The molecule has 1 aliphatic heterocycles. The van der Waals surface area contributed by atoms with Crippen molar-refractivity contribution >= 4 is 17.5 Å². The number of nitrogens with zero attached hydrogens (tertiary/aromatic N) is 3. The fourth-order valence-corrected chi connectivity index (χ4v) is 4.62. The zero-order valence-corrected chi connectivity index (χ0v) is 18.9. The Morgan fingerprint density at radius 3 is 2.74 bits per heavy atom. The van der Waals surface area contributed by atoms with Crippen molar-refractivity contribution in [3.05, 3.63) is 82.8 Å². The van der Waals surface area contributed by atoms with Crippen molar-refractivity contribution in [2.24, 2.45) is 5.73 Å². The number of carbonyl (C=O) groups is 2. The molecule has 0 radical (unpaired) electrons. The van der Waals surface area contributed by atoms with E-state index in [-0.39, 0.29) is 18.4 Å². The lowest BCUT2D eigenvalue weighted by Crippen LogP contribution is -2.16. The van der Waals surface area contributed by atoms with E-state index in [1.165, 1.54) is 0 Å². The van der Waals surface area contributed by atoms with Crippen molar-refractivity contribution in [1.29, 1.82) is 0 Å². The summed E-state index contributed by atoms with van der Waals surface area (Å²) >= 11 is 0. The van der Waals surface area contributed by atoms with Crippen LogP contribution < -0.4 is 20.5 Å². The maximum Gasteiger partial charge on any atom is 0.269 e. The molecule has 0 unspecified atom stereocenters. The molecule has 35 heavy (non-hydrogen) atoms. The van der Waals surface area contributed by atoms with E-state index in [0.29, 0.717) is 34.9 Å². The Bertz CT molecular complexity index is 1520. The average molecular weight is 467 g/mol. The SMILES string of the molecule is Cc1ccncc1C(=O)Nc1ccc2c(c1)-c1c(c(C(N)=O)nn1-c1ccc3c(c1)OCO3)CC2. The fraction of sp³-hybridized carbons (Fsp3) is 0.154. The molecule has 9 nitrogen and oxygen atoms in total. The Balaban J connectivity index is 1.46. The van der Waals surface area contributed by atoms with Gasteiger partial charge in [-0.15, -0.1) is 0 Å². The van der Waals surface area contributed by atoms with Crippen LogP contribution in [0.2, 0.25) is 0 Å². The highest BCUT2D eigenvalue weighted by Gasteiger charge is 2.29. The van der Waals surface area contributed by atoms with Crippen molar-refractivity contribution < 1.29 is 19.1 Å². The molecule has 174 valence electrons. The second-order valence-corrected chi connectivity index (χ2v) is 8.51. The van der Waals surface area contributed by atoms with Crippen LogP contribution in [0.25, 0.3) is 16.9 Å². The molecule has 0 saturated heterocycles. The Kier molecular flexibility index (Phi) is 4.77. The number of nitrogens with two attached hydrogens (primary N) is 1.